The maximum atomic E-state index is 13.6. The molecule has 0 aliphatic heterocycles. The molecule has 0 aromatic heterocycles. The second-order valence-corrected chi connectivity index (χ2v) is 4.42. The Hall–Kier alpha value is -2.14. The molecule has 5 heteroatoms. The summed E-state index contributed by atoms with van der Waals surface area (Å²) in [5, 5.41) is 10.2. The highest BCUT2D eigenvalue weighted by atomic mass is 19.1. The molecule has 106 valence electrons. The third kappa shape index (κ3) is 2.88. The van der Waals surface area contributed by atoms with Crippen LogP contribution in [0.15, 0.2) is 36.4 Å². The first kappa shape index (κ1) is 14.3. The number of benzene rings is 2. The Morgan fingerprint density at radius 1 is 1.25 bits per heavy atom. The van der Waals surface area contributed by atoms with Gasteiger partial charge in [-0.25, -0.2) is 8.78 Å². The van der Waals surface area contributed by atoms with E-state index in [1.165, 1.54) is 13.2 Å². The molecule has 0 amide bonds. The van der Waals surface area contributed by atoms with Gasteiger partial charge in [-0.2, -0.15) is 0 Å². The van der Waals surface area contributed by atoms with Gasteiger partial charge in [-0.05, 0) is 17.7 Å². The quantitative estimate of drug-likeness (QED) is 0.846. The first-order valence-corrected chi connectivity index (χ1v) is 6.07. The molecule has 1 atom stereocenters. The fourth-order valence-corrected chi connectivity index (χ4v) is 2.04. The van der Waals surface area contributed by atoms with Crippen molar-refractivity contribution in [2.24, 2.45) is 0 Å². The van der Waals surface area contributed by atoms with Gasteiger partial charge in [-0.1, -0.05) is 18.2 Å². The maximum absolute atomic E-state index is 13.6. The van der Waals surface area contributed by atoms with E-state index in [4.69, 9.17) is 10.5 Å². The van der Waals surface area contributed by atoms with E-state index < -0.39 is 17.7 Å². The van der Waals surface area contributed by atoms with Crippen molar-refractivity contribution in [2.75, 3.05) is 12.8 Å². The predicted octanol–water partition coefficient (Wildman–Crippen LogP) is 2.83. The third-order valence-electron chi connectivity index (χ3n) is 3.11. The van der Waals surface area contributed by atoms with Crippen molar-refractivity contribution >= 4 is 5.69 Å². The zero-order valence-electron chi connectivity index (χ0n) is 10.9. The van der Waals surface area contributed by atoms with E-state index in [2.05, 4.69) is 0 Å². The molecule has 2 aromatic rings. The highest BCUT2D eigenvalue weighted by Crippen LogP contribution is 2.31. The molecule has 2 rings (SSSR count). The van der Waals surface area contributed by atoms with E-state index in [1.54, 1.807) is 18.2 Å². The van der Waals surface area contributed by atoms with Crippen molar-refractivity contribution < 1.29 is 18.6 Å². The second kappa shape index (κ2) is 5.88. The van der Waals surface area contributed by atoms with Gasteiger partial charge < -0.3 is 15.6 Å². The van der Waals surface area contributed by atoms with Gasteiger partial charge >= 0.3 is 0 Å². The van der Waals surface area contributed by atoms with Crippen molar-refractivity contribution in [3.63, 3.8) is 0 Å². The maximum Gasteiger partial charge on any atom is 0.142 e. The third-order valence-corrected chi connectivity index (χ3v) is 3.11. The van der Waals surface area contributed by atoms with Crippen LogP contribution in [0, 0.1) is 11.6 Å². The van der Waals surface area contributed by atoms with Gasteiger partial charge in [-0.3, -0.25) is 0 Å². The molecule has 0 aliphatic carbocycles. The molecular weight excluding hydrogens is 264 g/mol. The highest BCUT2D eigenvalue weighted by Gasteiger charge is 2.16. The van der Waals surface area contributed by atoms with Crippen LogP contribution in [0.5, 0.6) is 5.75 Å². The van der Waals surface area contributed by atoms with Crippen LogP contribution in [0.2, 0.25) is 0 Å². The molecule has 0 spiro atoms. The van der Waals surface area contributed by atoms with Crippen molar-refractivity contribution in [2.45, 2.75) is 12.5 Å². The molecular formula is C15H15F2NO2. The molecule has 2 aromatic carbocycles. The summed E-state index contributed by atoms with van der Waals surface area (Å²) in [6, 6.07) is 8.25. The number of rotatable bonds is 4. The van der Waals surface area contributed by atoms with Gasteiger partial charge in [-0.15, -0.1) is 0 Å². The van der Waals surface area contributed by atoms with Crippen molar-refractivity contribution in [1.29, 1.82) is 0 Å². The Balaban J connectivity index is 2.26. The van der Waals surface area contributed by atoms with E-state index >= 15 is 0 Å². The zero-order chi connectivity index (χ0) is 14.7. The first-order chi connectivity index (χ1) is 9.52. The van der Waals surface area contributed by atoms with Crippen molar-refractivity contribution in [3.05, 3.63) is 59.2 Å². The normalized spacial score (nSPS) is 12.2. The van der Waals surface area contributed by atoms with Crippen molar-refractivity contribution in [1.82, 2.24) is 0 Å². The summed E-state index contributed by atoms with van der Waals surface area (Å²) in [6.07, 6.45) is -0.992. The second-order valence-electron chi connectivity index (χ2n) is 4.42. The molecule has 0 bridgehead atoms. The number of hydrogen-bond donors (Lipinski definition) is 2. The monoisotopic (exact) mass is 279 g/mol. The number of nitrogen functional groups attached to an aromatic ring is 1. The summed E-state index contributed by atoms with van der Waals surface area (Å²) in [6.45, 7) is 0. The van der Waals surface area contributed by atoms with E-state index in [-0.39, 0.29) is 12.0 Å². The Morgan fingerprint density at radius 3 is 2.65 bits per heavy atom. The molecule has 3 nitrogen and oxygen atoms in total. The summed E-state index contributed by atoms with van der Waals surface area (Å²) < 4.78 is 31.5. The van der Waals surface area contributed by atoms with Crippen LogP contribution >= 0.6 is 0 Å². The fourth-order valence-electron chi connectivity index (χ4n) is 2.04. The lowest BCUT2D eigenvalue weighted by molar-refractivity contribution is 0.177. The number of anilines is 1. The van der Waals surface area contributed by atoms with Gasteiger partial charge in [0.1, 0.15) is 17.4 Å². The van der Waals surface area contributed by atoms with Gasteiger partial charge in [0.05, 0.1) is 18.9 Å². The van der Waals surface area contributed by atoms with Crippen LogP contribution in [0.4, 0.5) is 14.5 Å². The number of para-hydroxylation sites is 1. The average Bonchev–Trinajstić information content (AvgIpc) is 2.42. The van der Waals surface area contributed by atoms with E-state index in [9.17, 15) is 13.9 Å². The minimum atomic E-state index is -0.995. The van der Waals surface area contributed by atoms with Crippen LogP contribution in [0.3, 0.4) is 0 Å². The largest absolute Gasteiger partial charge is 0.495 e. The topological polar surface area (TPSA) is 55.5 Å². The van der Waals surface area contributed by atoms with E-state index in [0.29, 0.717) is 17.0 Å². The fraction of sp³-hybridized carbons (Fsp3) is 0.200. The lowest BCUT2D eigenvalue weighted by Gasteiger charge is -2.16. The first-order valence-electron chi connectivity index (χ1n) is 6.07. The van der Waals surface area contributed by atoms with Crippen molar-refractivity contribution in [3.8, 4) is 5.75 Å². The molecule has 0 aliphatic rings. The summed E-state index contributed by atoms with van der Waals surface area (Å²) in [5.41, 5.74) is 6.86. The number of nitrogens with two attached hydrogens (primary N) is 1. The molecule has 0 heterocycles. The summed E-state index contributed by atoms with van der Waals surface area (Å²) >= 11 is 0. The minimum Gasteiger partial charge on any atom is -0.495 e. The molecule has 0 saturated carbocycles. The zero-order valence-corrected chi connectivity index (χ0v) is 10.9. The van der Waals surface area contributed by atoms with Gasteiger partial charge in [0, 0.05) is 18.1 Å². The average molecular weight is 279 g/mol. The Labute approximate surface area is 115 Å². The number of halogens is 2. The van der Waals surface area contributed by atoms with Gasteiger partial charge in [0.25, 0.3) is 0 Å². The van der Waals surface area contributed by atoms with Crippen LogP contribution in [0.25, 0.3) is 0 Å². The van der Waals surface area contributed by atoms with Crippen LogP contribution in [-0.4, -0.2) is 12.2 Å². The lowest BCUT2D eigenvalue weighted by Crippen LogP contribution is -2.07. The van der Waals surface area contributed by atoms with E-state index in [0.717, 1.165) is 12.1 Å². The van der Waals surface area contributed by atoms with Gasteiger partial charge in [0.15, 0.2) is 0 Å². The highest BCUT2D eigenvalue weighted by molar-refractivity contribution is 5.59. The number of aliphatic hydroxyl groups excluding tert-OH is 1. The molecule has 0 saturated heterocycles. The van der Waals surface area contributed by atoms with Gasteiger partial charge in [0.2, 0.25) is 0 Å². The van der Waals surface area contributed by atoms with E-state index in [1.807, 2.05) is 0 Å². The molecule has 1 unspecified atom stereocenters. The number of ether oxygens (including phenoxy) is 1. The lowest BCUT2D eigenvalue weighted by atomic mass is 9.99. The predicted molar refractivity (Wildman–Crippen MR) is 72.4 cm³/mol. The molecule has 0 fully saturated rings. The summed E-state index contributed by atoms with van der Waals surface area (Å²) in [5.74, 6) is -0.895. The number of aliphatic hydroxyl groups is 1. The number of methoxy groups -OCH3 is 1. The summed E-state index contributed by atoms with van der Waals surface area (Å²) in [7, 11) is 1.47. The summed E-state index contributed by atoms with van der Waals surface area (Å²) in [4.78, 5) is 0. The Bertz CT molecular complexity index is 617. The number of hydrogen-bond acceptors (Lipinski definition) is 3. The SMILES string of the molecule is COc1cccc(C(O)Cc2ccc(F)cc2F)c1N. The minimum absolute atomic E-state index is 0.00345. The molecule has 0 radical (unpaired) electrons. The molecule has 20 heavy (non-hydrogen) atoms. The van der Waals surface area contributed by atoms with Crippen LogP contribution < -0.4 is 10.5 Å². The van der Waals surface area contributed by atoms with Crippen LogP contribution in [-0.2, 0) is 6.42 Å². The Kier molecular flexibility index (Phi) is 4.20. The standard InChI is InChI=1S/C15H15F2NO2/c1-20-14-4-2-3-11(15(14)18)13(19)7-9-5-6-10(16)8-12(9)17/h2-6,8,13,19H,7,18H2,1H3. The smallest absolute Gasteiger partial charge is 0.142 e. The molecule has 3 N–H and O–H groups in total. The Morgan fingerprint density at radius 2 is 2.00 bits per heavy atom. The van der Waals surface area contributed by atoms with Crippen LogP contribution in [0.1, 0.15) is 17.2 Å².